The van der Waals surface area contributed by atoms with Crippen LogP contribution in [0.25, 0.3) is 11.0 Å². The Balaban J connectivity index is 2.51. The first-order valence-corrected chi connectivity index (χ1v) is 5.08. The second-order valence-electron chi connectivity index (χ2n) is 3.29. The van der Waals surface area contributed by atoms with Gasteiger partial charge in [0.2, 0.25) is 0 Å². The van der Waals surface area contributed by atoms with Gasteiger partial charge in [0.05, 0.1) is 5.69 Å². The van der Waals surface area contributed by atoms with Crippen molar-refractivity contribution in [1.82, 2.24) is 0 Å². The highest BCUT2D eigenvalue weighted by Crippen LogP contribution is 2.28. The molecule has 0 unspecified atom stereocenters. The molecule has 0 radical (unpaired) electrons. The lowest BCUT2D eigenvalue weighted by molar-refractivity contribution is 0.613. The van der Waals surface area contributed by atoms with Crippen LogP contribution < -0.4 is 4.90 Å². The fraction of sp³-hybridized carbons (Fsp3) is 0.333. The van der Waals surface area contributed by atoms with Gasteiger partial charge >= 0.3 is 0 Å². The van der Waals surface area contributed by atoms with E-state index in [0.717, 1.165) is 18.7 Å². The SMILES string of the molecule is CCN(CC)c1coc2ccccc12. The quantitative estimate of drug-likeness (QED) is 0.736. The molecule has 0 saturated carbocycles. The minimum atomic E-state index is 0.967. The molecule has 2 nitrogen and oxygen atoms in total. The Labute approximate surface area is 84.1 Å². The van der Waals surface area contributed by atoms with Crippen molar-refractivity contribution in [3.8, 4) is 0 Å². The van der Waals surface area contributed by atoms with Gasteiger partial charge in [-0.25, -0.2) is 0 Å². The molecule has 2 rings (SSSR count). The molecule has 0 bridgehead atoms. The van der Waals surface area contributed by atoms with Crippen LogP contribution in [0.3, 0.4) is 0 Å². The van der Waals surface area contributed by atoms with Crippen molar-refractivity contribution in [2.24, 2.45) is 0 Å². The summed E-state index contributed by atoms with van der Waals surface area (Å²) in [5, 5.41) is 1.20. The maximum Gasteiger partial charge on any atom is 0.136 e. The van der Waals surface area contributed by atoms with Gasteiger partial charge in [0, 0.05) is 18.5 Å². The summed E-state index contributed by atoms with van der Waals surface area (Å²) in [6.07, 6.45) is 1.84. The highest BCUT2D eigenvalue weighted by molar-refractivity contribution is 5.90. The maximum atomic E-state index is 5.49. The van der Waals surface area contributed by atoms with E-state index in [1.165, 1.54) is 11.1 Å². The molecule has 2 aromatic rings. The van der Waals surface area contributed by atoms with Crippen molar-refractivity contribution in [3.63, 3.8) is 0 Å². The Morgan fingerprint density at radius 1 is 1.14 bits per heavy atom. The monoisotopic (exact) mass is 189 g/mol. The molecule has 1 aromatic carbocycles. The van der Waals surface area contributed by atoms with Crippen LogP contribution in [-0.2, 0) is 0 Å². The Morgan fingerprint density at radius 2 is 1.86 bits per heavy atom. The third kappa shape index (κ3) is 1.37. The summed E-state index contributed by atoms with van der Waals surface area (Å²) in [5.41, 5.74) is 2.17. The molecule has 1 heterocycles. The van der Waals surface area contributed by atoms with Crippen molar-refractivity contribution >= 4 is 16.7 Å². The number of furan rings is 1. The van der Waals surface area contributed by atoms with Crippen molar-refractivity contribution in [1.29, 1.82) is 0 Å². The molecular formula is C12H15NO. The predicted molar refractivity (Wildman–Crippen MR) is 59.8 cm³/mol. The molecule has 0 N–H and O–H groups in total. The normalized spacial score (nSPS) is 10.7. The van der Waals surface area contributed by atoms with Gasteiger partial charge < -0.3 is 9.32 Å². The fourth-order valence-electron chi connectivity index (χ4n) is 1.77. The minimum absolute atomic E-state index is 0.967. The van der Waals surface area contributed by atoms with Crippen LogP contribution in [0.4, 0.5) is 5.69 Å². The van der Waals surface area contributed by atoms with Gasteiger partial charge in [0.25, 0.3) is 0 Å². The van der Waals surface area contributed by atoms with Crippen LogP contribution in [0.1, 0.15) is 13.8 Å². The molecule has 74 valence electrons. The lowest BCUT2D eigenvalue weighted by Gasteiger charge is -2.18. The van der Waals surface area contributed by atoms with Crippen LogP contribution in [0, 0.1) is 0 Å². The van der Waals surface area contributed by atoms with Crippen LogP contribution in [0.15, 0.2) is 34.9 Å². The predicted octanol–water partition coefficient (Wildman–Crippen LogP) is 3.28. The first-order chi connectivity index (χ1) is 6.86. The van der Waals surface area contributed by atoms with Crippen molar-refractivity contribution in [3.05, 3.63) is 30.5 Å². The second-order valence-corrected chi connectivity index (χ2v) is 3.29. The van der Waals surface area contributed by atoms with E-state index in [1.54, 1.807) is 0 Å². The highest BCUT2D eigenvalue weighted by atomic mass is 16.3. The van der Waals surface area contributed by atoms with Crippen molar-refractivity contribution in [2.45, 2.75) is 13.8 Å². The van der Waals surface area contributed by atoms with E-state index in [4.69, 9.17) is 4.42 Å². The Kier molecular flexibility index (Phi) is 2.44. The molecule has 0 aliphatic heterocycles. The fourth-order valence-corrected chi connectivity index (χ4v) is 1.77. The number of hydrogen-bond acceptors (Lipinski definition) is 2. The summed E-state index contributed by atoms with van der Waals surface area (Å²) in [6.45, 7) is 6.34. The molecule has 0 fully saturated rings. The van der Waals surface area contributed by atoms with Gasteiger partial charge in [-0.2, -0.15) is 0 Å². The van der Waals surface area contributed by atoms with Gasteiger partial charge in [-0.1, -0.05) is 12.1 Å². The van der Waals surface area contributed by atoms with Crippen LogP contribution in [-0.4, -0.2) is 13.1 Å². The number of anilines is 1. The lowest BCUT2D eigenvalue weighted by atomic mass is 10.2. The van der Waals surface area contributed by atoms with E-state index >= 15 is 0 Å². The summed E-state index contributed by atoms with van der Waals surface area (Å²) < 4.78 is 5.49. The van der Waals surface area contributed by atoms with E-state index in [-0.39, 0.29) is 0 Å². The smallest absolute Gasteiger partial charge is 0.136 e. The average molecular weight is 189 g/mol. The Hall–Kier alpha value is -1.44. The van der Waals surface area contributed by atoms with E-state index in [1.807, 2.05) is 24.5 Å². The zero-order valence-corrected chi connectivity index (χ0v) is 8.66. The third-order valence-corrected chi connectivity index (χ3v) is 2.56. The van der Waals surface area contributed by atoms with E-state index in [2.05, 4.69) is 24.8 Å². The van der Waals surface area contributed by atoms with Gasteiger partial charge in [-0.05, 0) is 26.0 Å². The zero-order chi connectivity index (χ0) is 9.97. The summed E-state index contributed by atoms with van der Waals surface area (Å²) in [5.74, 6) is 0. The van der Waals surface area contributed by atoms with Crippen LogP contribution in [0.5, 0.6) is 0 Å². The molecule has 0 aliphatic carbocycles. The van der Waals surface area contributed by atoms with Crippen molar-refractivity contribution < 1.29 is 4.42 Å². The number of hydrogen-bond donors (Lipinski definition) is 0. The van der Waals surface area contributed by atoms with E-state index in [0.29, 0.717) is 0 Å². The van der Waals surface area contributed by atoms with Gasteiger partial charge in [0.15, 0.2) is 0 Å². The Bertz CT molecular complexity index is 415. The molecular weight excluding hydrogens is 174 g/mol. The van der Waals surface area contributed by atoms with Gasteiger partial charge in [0.1, 0.15) is 11.8 Å². The molecule has 14 heavy (non-hydrogen) atoms. The van der Waals surface area contributed by atoms with E-state index in [9.17, 15) is 0 Å². The topological polar surface area (TPSA) is 16.4 Å². The van der Waals surface area contributed by atoms with E-state index < -0.39 is 0 Å². The van der Waals surface area contributed by atoms with Crippen LogP contribution >= 0.6 is 0 Å². The molecule has 1 aromatic heterocycles. The summed E-state index contributed by atoms with van der Waals surface area (Å²) in [4.78, 5) is 2.30. The molecule has 0 atom stereocenters. The molecule has 0 saturated heterocycles. The summed E-state index contributed by atoms with van der Waals surface area (Å²) in [6, 6.07) is 8.15. The summed E-state index contributed by atoms with van der Waals surface area (Å²) >= 11 is 0. The third-order valence-electron chi connectivity index (χ3n) is 2.56. The molecule has 0 aliphatic rings. The lowest BCUT2D eigenvalue weighted by Crippen LogP contribution is -2.21. The molecule has 0 spiro atoms. The largest absolute Gasteiger partial charge is 0.462 e. The first-order valence-electron chi connectivity index (χ1n) is 5.08. The Morgan fingerprint density at radius 3 is 2.57 bits per heavy atom. The maximum absolute atomic E-state index is 5.49. The number of benzene rings is 1. The van der Waals surface area contributed by atoms with Gasteiger partial charge in [-0.15, -0.1) is 0 Å². The summed E-state index contributed by atoms with van der Waals surface area (Å²) in [7, 11) is 0. The second kappa shape index (κ2) is 3.74. The first kappa shape index (κ1) is 9.13. The zero-order valence-electron chi connectivity index (χ0n) is 8.66. The number of nitrogens with zero attached hydrogens (tertiary/aromatic N) is 1. The van der Waals surface area contributed by atoms with Crippen LogP contribution in [0.2, 0.25) is 0 Å². The van der Waals surface area contributed by atoms with Crippen molar-refractivity contribution in [2.75, 3.05) is 18.0 Å². The van der Waals surface area contributed by atoms with Gasteiger partial charge in [-0.3, -0.25) is 0 Å². The number of rotatable bonds is 3. The highest BCUT2D eigenvalue weighted by Gasteiger charge is 2.09. The molecule has 0 amide bonds. The molecule has 2 heteroatoms. The standard InChI is InChI=1S/C12H15NO/c1-3-13(4-2)11-9-14-12-8-6-5-7-10(11)12/h5-9H,3-4H2,1-2H3. The number of para-hydroxylation sites is 1. The number of fused-ring (bicyclic) bond motifs is 1. The minimum Gasteiger partial charge on any atom is -0.462 e. The average Bonchev–Trinajstić information content (AvgIpc) is 2.65.